The van der Waals surface area contributed by atoms with E-state index in [0.717, 1.165) is 22.8 Å². The van der Waals surface area contributed by atoms with E-state index >= 15 is 0 Å². The van der Waals surface area contributed by atoms with Crippen molar-refractivity contribution in [3.63, 3.8) is 0 Å². The zero-order valence-corrected chi connectivity index (χ0v) is 15.2. The minimum Gasteiger partial charge on any atom is -0.466 e. The van der Waals surface area contributed by atoms with Gasteiger partial charge in [-0.25, -0.2) is 0 Å². The fourth-order valence-corrected chi connectivity index (χ4v) is 2.84. The van der Waals surface area contributed by atoms with Gasteiger partial charge in [-0.1, -0.05) is 24.3 Å². The molecule has 142 valence electrons. The van der Waals surface area contributed by atoms with Crippen LogP contribution in [0, 0.1) is 18.3 Å². The minimum absolute atomic E-state index is 0.253. The van der Waals surface area contributed by atoms with Crippen LogP contribution < -0.4 is 0 Å². The highest BCUT2D eigenvalue weighted by Crippen LogP contribution is 2.33. The topological polar surface area (TPSA) is 50.1 Å². The molecule has 27 heavy (non-hydrogen) atoms. The Morgan fingerprint density at radius 1 is 1.15 bits per heavy atom. The first-order chi connectivity index (χ1) is 12.7. The van der Waals surface area contributed by atoms with E-state index < -0.39 is 11.7 Å². The van der Waals surface area contributed by atoms with Crippen LogP contribution in [0.2, 0.25) is 0 Å². The average molecular weight is 375 g/mol. The Kier molecular flexibility index (Phi) is 6.62. The van der Waals surface area contributed by atoms with Crippen LogP contribution in [0.1, 0.15) is 46.7 Å². The van der Waals surface area contributed by atoms with Gasteiger partial charge in [0.1, 0.15) is 0 Å². The third-order valence-electron chi connectivity index (χ3n) is 4.23. The monoisotopic (exact) mass is 375 g/mol. The lowest BCUT2D eigenvalue weighted by atomic mass is 9.95. The summed E-state index contributed by atoms with van der Waals surface area (Å²) in [6.45, 7) is 3.99. The van der Waals surface area contributed by atoms with E-state index in [2.05, 4.69) is 0 Å². The molecule has 0 fully saturated rings. The van der Waals surface area contributed by atoms with Crippen molar-refractivity contribution in [2.24, 2.45) is 0 Å². The number of carbonyl (C=O) groups is 1. The molecular formula is C21H20F3NO2. The van der Waals surface area contributed by atoms with E-state index in [1.165, 1.54) is 6.07 Å². The lowest BCUT2D eigenvalue weighted by Gasteiger charge is -2.12. The number of halogens is 3. The molecule has 0 aliphatic carbocycles. The number of aryl methyl sites for hydroxylation is 2. The van der Waals surface area contributed by atoms with Crippen LogP contribution in [-0.4, -0.2) is 12.6 Å². The predicted octanol–water partition coefficient (Wildman–Crippen LogP) is 4.97. The van der Waals surface area contributed by atoms with E-state index in [9.17, 15) is 18.0 Å². The largest absolute Gasteiger partial charge is 0.466 e. The lowest BCUT2D eigenvalue weighted by molar-refractivity contribution is -0.143. The summed E-state index contributed by atoms with van der Waals surface area (Å²) in [5.74, 6) is -0.253. The SMILES string of the molecule is CCOC(=O)CCc1ccc(Cc2ccc(C#N)c(C(F)(F)F)c2)c(C)c1. The summed E-state index contributed by atoms with van der Waals surface area (Å²) >= 11 is 0. The lowest BCUT2D eigenvalue weighted by Crippen LogP contribution is -2.09. The molecule has 3 nitrogen and oxygen atoms in total. The molecule has 0 N–H and O–H groups in total. The number of ether oxygens (including phenoxy) is 1. The second-order valence-corrected chi connectivity index (χ2v) is 6.23. The van der Waals surface area contributed by atoms with Crippen molar-refractivity contribution in [1.82, 2.24) is 0 Å². The van der Waals surface area contributed by atoms with Gasteiger partial charge in [0.25, 0.3) is 0 Å². The van der Waals surface area contributed by atoms with Gasteiger partial charge in [0.2, 0.25) is 0 Å². The van der Waals surface area contributed by atoms with Crippen molar-refractivity contribution in [1.29, 1.82) is 5.26 Å². The van der Waals surface area contributed by atoms with Gasteiger partial charge in [-0.3, -0.25) is 4.79 Å². The molecule has 0 unspecified atom stereocenters. The first kappa shape index (κ1) is 20.5. The van der Waals surface area contributed by atoms with E-state index in [-0.39, 0.29) is 18.0 Å². The average Bonchev–Trinajstić information content (AvgIpc) is 2.61. The highest BCUT2D eigenvalue weighted by atomic mass is 19.4. The highest BCUT2D eigenvalue weighted by Gasteiger charge is 2.33. The van der Waals surface area contributed by atoms with Gasteiger partial charge in [0, 0.05) is 6.42 Å². The van der Waals surface area contributed by atoms with E-state index in [1.54, 1.807) is 19.1 Å². The number of esters is 1. The Bertz CT molecular complexity index is 867. The van der Waals surface area contributed by atoms with Crippen LogP contribution >= 0.6 is 0 Å². The molecule has 0 aliphatic heterocycles. The Morgan fingerprint density at radius 2 is 1.85 bits per heavy atom. The molecule has 0 heterocycles. The van der Waals surface area contributed by atoms with E-state index in [1.807, 2.05) is 25.1 Å². The third kappa shape index (κ3) is 5.58. The molecule has 2 aromatic carbocycles. The molecule has 0 spiro atoms. The molecular weight excluding hydrogens is 355 g/mol. The maximum absolute atomic E-state index is 13.1. The maximum Gasteiger partial charge on any atom is 0.417 e. The summed E-state index contributed by atoms with van der Waals surface area (Å²) in [6.07, 6.45) is -3.39. The summed E-state index contributed by atoms with van der Waals surface area (Å²) < 4.78 is 44.2. The second kappa shape index (κ2) is 8.72. The van der Waals surface area contributed by atoms with Crippen molar-refractivity contribution < 1.29 is 22.7 Å². The molecule has 0 amide bonds. The fraction of sp³-hybridized carbons (Fsp3) is 0.333. The number of hydrogen-bond donors (Lipinski definition) is 0. The number of rotatable bonds is 6. The highest BCUT2D eigenvalue weighted by molar-refractivity contribution is 5.69. The van der Waals surface area contributed by atoms with Crippen LogP contribution in [0.15, 0.2) is 36.4 Å². The number of nitriles is 1. The summed E-state index contributed by atoms with van der Waals surface area (Å²) in [4.78, 5) is 11.4. The first-order valence-electron chi connectivity index (χ1n) is 8.58. The third-order valence-corrected chi connectivity index (χ3v) is 4.23. The van der Waals surface area contributed by atoms with Crippen molar-refractivity contribution in [2.45, 2.75) is 39.3 Å². The molecule has 0 saturated heterocycles. The zero-order chi connectivity index (χ0) is 20.0. The van der Waals surface area contributed by atoms with Crippen molar-refractivity contribution in [3.05, 3.63) is 69.8 Å². The molecule has 0 aliphatic rings. The molecule has 0 atom stereocenters. The van der Waals surface area contributed by atoms with Gasteiger partial charge in [-0.15, -0.1) is 0 Å². The molecule has 0 saturated carbocycles. The molecule has 2 aromatic rings. The van der Waals surface area contributed by atoms with Crippen LogP contribution in [0.5, 0.6) is 0 Å². The normalized spacial score (nSPS) is 11.1. The van der Waals surface area contributed by atoms with Gasteiger partial charge >= 0.3 is 12.1 Å². The number of carbonyl (C=O) groups excluding carboxylic acids is 1. The number of alkyl halides is 3. The Labute approximate surface area is 156 Å². The van der Waals surface area contributed by atoms with Crippen molar-refractivity contribution in [2.75, 3.05) is 6.61 Å². The standard InChI is InChI=1S/C21H20F3NO2/c1-3-27-20(26)9-6-15-4-7-17(14(2)10-15)11-16-5-8-18(13-25)19(12-16)21(22,23)24/h4-5,7-8,10,12H,3,6,9,11H2,1-2H3. The Morgan fingerprint density at radius 3 is 2.44 bits per heavy atom. The fourth-order valence-electron chi connectivity index (χ4n) is 2.84. The maximum atomic E-state index is 13.1. The minimum atomic E-state index is -4.56. The second-order valence-electron chi connectivity index (χ2n) is 6.23. The summed E-state index contributed by atoms with van der Waals surface area (Å²) in [6, 6.07) is 11.0. The molecule has 0 aromatic heterocycles. The summed E-state index contributed by atoms with van der Waals surface area (Å²) in [5.41, 5.74) is 2.01. The van der Waals surface area contributed by atoms with Crippen molar-refractivity contribution >= 4 is 5.97 Å². The van der Waals surface area contributed by atoms with Gasteiger partial charge in [-0.2, -0.15) is 18.4 Å². The smallest absolute Gasteiger partial charge is 0.417 e. The van der Waals surface area contributed by atoms with Gasteiger partial charge < -0.3 is 4.74 Å². The van der Waals surface area contributed by atoms with Crippen LogP contribution in [0.4, 0.5) is 13.2 Å². The number of hydrogen-bond acceptors (Lipinski definition) is 3. The molecule has 0 radical (unpaired) electrons. The number of benzene rings is 2. The molecule has 0 bridgehead atoms. The van der Waals surface area contributed by atoms with Crippen LogP contribution in [0.3, 0.4) is 0 Å². The van der Waals surface area contributed by atoms with Crippen LogP contribution in [0.25, 0.3) is 0 Å². The Hall–Kier alpha value is -2.81. The number of nitrogens with zero attached hydrogens (tertiary/aromatic N) is 1. The van der Waals surface area contributed by atoms with E-state index in [4.69, 9.17) is 10.00 Å². The Balaban J connectivity index is 2.16. The summed E-state index contributed by atoms with van der Waals surface area (Å²) in [5, 5.41) is 8.88. The van der Waals surface area contributed by atoms with E-state index in [0.29, 0.717) is 25.0 Å². The van der Waals surface area contributed by atoms with Gasteiger partial charge in [-0.05, 0) is 61.1 Å². The molecule has 2 rings (SSSR count). The molecule has 6 heteroatoms. The zero-order valence-electron chi connectivity index (χ0n) is 15.2. The first-order valence-corrected chi connectivity index (χ1v) is 8.58. The predicted molar refractivity (Wildman–Crippen MR) is 95.1 cm³/mol. The summed E-state index contributed by atoms with van der Waals surface area (Å²) in [7, 11) is 0. The quantitative estimate of drug-likeness (QED) is 0.670. The van der Waals surface area contributed by atoms with Crippen LogP contribution in [-0.2, 0) is 28.5 Å². The van der Waals surface area contributed by atoms with Gasteiger partial charge in [0.15, 0.2) is 0 Å². The van der Waals surface area contributed by atoms with Gasteiger partial charge in [0.05, 0.1) is 23.8 Å². The van der Waals surface area contributed by atoms with Crippen molar-refractivity contribution in [3.8, 4) is 6.07 Å².